The average Bonchev–Trinajstić information content (AvgIpc) is 2.48. The monoisotopic (exact) mass is 183 g/mol. The first-order valence-corrected chi connectivity index (χ1v) is 3.90. The molecule has 0 amide bonds. The van der Waals surface area contributed by atoms with E-state index in [1.165, 1.54) is 5.38 Å². The molecule has 1 heterocycles. The van der Waals surface area contributed by atoms with Crippen LogP contribution in [0, 0.1) is 11.8 Å². The topological polar surface area (TPSA) is 70.4 Å². The highest BCUT2D eigenvalue weighted by atomic mass is 32.1. The van der Waals surface area contributed by atoms with E-state index in [1.807, 2.05) is 0 Å². The van der Waals surface area contributed by atoms with Gasteiger partial charge in [0.1, 0.15) is 12.3 Å². The Bertz CT molecular complexity index is 347. The van der Waals surface area contributed by atoms with Crippen LogP contribution in [0.1, 0.15) is 15.5 Å². The summed E-state index contributed by atoms with van der Waals surface area (Å²) in [6.07, 6.45) is 0. The van der Waals surface area contributed by atoms with Crippen molar-refractivity contribution in [1.29, 1.82) is 0 Å². The van der Waals surface area contributed by atoms with Gasteiger partial charge in [-0.25, -0.2) is 9.78 Å². The van der Waals surface area contributed by atoms with Gasteiger partial charge in [0.25, 0.3) is 0 Å². The molecule has 0 saturated heterocycles. The number of carboxylic acids is 1. The Hall–Kier alpha value is -1.38. The summed E-state index contributed by atoms with van der Waals surface area (Å²) in [6, 6.07) is 0. The first-order chi connectivity index (χ1) is 5.74. The highest BCUT2D eigenvalue weighted by Crippen LogP contribution is 2.07. The van der Waals surface area contributed by atoms with Crippen molar-refractivity contribution in [2.75, 3.05) is 6.61 Å². The van der Waals surface area contributed by atoms with Crippen molar-refractivity contribution < 1.29 is 15.0 Å². The smallest absolute Gasteiger partial charge is 0.365 e. The molecule has 0 fully saturated rings. The van der Waals surface area contributed by atoms with Crippen LogP contribution in [-0.2, 0) is 0 Å². The second kappa shape index (κ2) is 3.85. The van der Waals surface area contributed by atoms with Crippen molar-refractivity contribution in [1.82, 2.24) is 4.98 Å². The lowest BCUT2D eigenvalue weighted by Gasteiger charge is -1.79. The molecular weight excluding hydrogens is 178 g/mol. The van der Waals surface area contributed by atoms with Crippen molar-refractivity contribution in [2.24, 2.45) is 0 Å². The third-order valence-corrected chi connectivity index (χ3v) is 1.81. The van der Waals surface area contributed by atoms with Crippen LogP contribution in [0.2, 0.25) is 0 Å². The van der Waals surface area contributed by atoms with Crippen molar-refractivity contribution in [3.63, 3.8) is 0 Å². The van der Waals surface area contributed by atoms with Gasteiger partial charge >= 0.3 is 5.97 Å². The van der Waals surface area contributed by atoms with E-state index in [0.29, 0.717) is 5.69 Å². The van der Waals surface area contributed by atoms with Crippen molar-refractivity contribution in [2.45, 2.75) is 0 Å². The van der Waals surface area contributed by atoms with E-state index in [0.717, 1.165) is 11.3 Å². The van der Waals surface area contributed by atoms with E-state index in [2.05, 4.69) is 16.8 Å². The molecule has 0 bridgehead atoms. The fourth-order valence-corrected chi connectivity index (χ4v) is 1.15. The van der Waals surface area contributed by atoms with Crippen molar-refractivity contribution in [3.8, 4) is 11.8 Å². The van der Waals surface area contributed by atoms with Crippen LogP contribution in [0.3, 0.4) is 0 Å². The zero-order valence-electron chi connectivity index (χ0n) is 5.94. The molecule has 12 heavy (non-hydrogen) atoms. The molecule has 0 aliphatic rings. The van der Waals surface area contributed by atoms with E-state index < -0.39 is 5.97 Å². The van der Waals surface area contributed by atoms with Crippen LogP contribution in [0.5, 0.6) is 0 Å². The third kappa shape index (κ3) is 2.05. The van der Waals surface area contributed by atoms with Gasteiger partial charge in [0.05, 0.1) is 0 Å². The summed E-state index contributed by atoms with van der Waals surface area (Å²) in [5, 5.41) is 18.3. The zero-order chi connectivity index (χ0) is 8.97. The number of aromatic nitrogens is 1. The Kier molecular flexibility index (Phi) is 2.80. The Morgan fingerprint density at radius 1 is 1.75 bits per heavy atom. The summed E-state index contributed by atoms with van der Waals surface area (Å²) in [5.41, 5.74) is 0.381. The minimum absolute atomic E-state index is 0.0113. The van der Waals surface area contributed by atoms with E-state index in [9.17, 15) is 4.79 Å². The summed E-state index contributed by atoms with van der Waals surface area (Å²) in [5.74, 6) is 3.82. The molecule has 1 rings (SSSR count). The lowest BCUT2D eigenvalue weighted by molar-refractivity contribution is 0.0696. The Morgan fingerprint density at radius 3 is 3.00 bits per heavy atom. The number of thiazole rings is 1. The van der Waals surface area contributed by atoms with Crippen LogP contribution in [0.25, 0.3) is 0 Å². The fourth-order valence-electron chi connectivity index (χ4n) is 0.559. The molecule has 1 aromatic rings. The van der Waals surface area contributed by atoms with Crippen LogP contribution >= 0.6 is 11.3 Å². The first-order valence-electron chi connectivity index (χ1n) is 3.02. The molecule has 0 saturated carbocycles. The van der Waals surface area contributed by atoms with Crippen molar-refractivity contribution >= 4 is 17.3 Å². The Labute approximate surface area is 72.5 Å². The van der Waals surface area contributed by atoms with Crippen LogP contribution < -0.4 is 0 Å². The summed E-state index contributed by atoms with van der Waals surface area (Å²) < 4.78 is 0. The van der Waals surface area contributed by atoms with Crippen molar-refractivity contribution in [3.05, 3.63) is 16.1 Å². The van der Waals surface area contributed by atoms with Crippen LogP contribution in [0.4, 0.5) is 0 Å². The summed E-state index contributed by atoms with van der Waals surface area (Å²) in [6.45, 7) is -0.250. The first kappa shape index (κ1) is 8.71. The molecular formula is C7H5NO3S. The second-order valence-corrected chi connectivity index (χ2v) is 2.66. The van der Waals surface area contributed by atoms with E-state index in [1.54, 1.807) is 0 Å². The summed E-state index contributed by atoms with van der Waals surface area (Å²) in [4.78, 5) is 14.0. The van der Waals surface area contributed by atoms with Gasteiger partial charge in [-0.1, -0.05) is 5.92 Å². The fraction of sp³-hybridized carbons (Fsp3) is 0.143. The quantitative estimate of drug-likeness (QED) is 0.609. The standard InChI is InChI=1S/C7H5NO3S/c9-3-1-2-5-4-12-6(8-5)7(10)11/h4,9H,3H2,(H,10,11). The number of carbonyl (C=O) groups is 1. The van der Waals surface area contributed by atoms with Crippen LogP contribution in [-0.4, -0.2) is 27.8 Å². The number of aliphatic hydroxyl groups excluding tert-OH is 1. The Balaban J connectivity index is 2.84. The number of nitrogens with zero attached hydrogens (tertiary/aromatic N) is 1. The predicted molar refractivity (Wildman–Crippen MR) is 43.0 cm³/mol. The van der Waals surface area contributed by atoms with Gasteiger partial charge in [-0.15, -0.1) is 11.3 Å². The number of hydrogen-bond acceptors (Lipinski definition) is 4. The van der Waals surface area contributed by atoms with Crippen LogP contribution in [0.15, 0.2) is 5.38 Å². The summed E-state index contributed by atoms with van der Waals surface area (Å²) in [7, 11) is 0. The molecule has 0 spiro atoms. The largest absolute Gasteiger partial charge is 0.476 e. The van der Waals surface area contributed by atoms with Gasteiger partial charge in [-0.3, -0.25) is 0 Å². The van der Waals surface area contributed by atoms with Gasteiger partial charge < -0.3 is 10.2 Å². The molecule has 1 aromatic heterocycles. The van der Waals surface area contributed by atoms with Gasteiger partial charge in [-0.05, 0) is 5.92 Å². The molecule has 0 atom stereocenters. The SMILES string of the molecule is O=C(O)c1nc(C#CCO)cs1. The van der Waals surface area contributed by atoms with E-state index >= 15 is 0 Å². The molecule has 0 aromatic carbocycles. The molecule has 0 aliphatic heterocycles. The molecule has 0 unspecified atom stereocenters. The van der Waals surface area contributed by atoms with Gasteiger partial charge in [0.15, 0.2) is 0 Å². The minimum atomic E-state index is -1.06. The molecule has 0 aliphatic carbocycles. The minimum Gasteiger partial charge on any atom is -0.476 e. The third-order valence-electron chi connectivity index (χ3n) is 0.983. The lowest BCUT2D eigenvalue weighted by atomic mass is 10.5. The predicted octanol–water partition coefficient (Wildman–Crippen LogP) is 0.185. The molecule has 4 nitrogen and oxygen atoms in total. The molecule has 0 radical (unpaired) electrons. The average molecular weight is 183 g/mol. The Morgan fingerprint density at radius 2 is 2.50 bits per heavy atom. The van der Waals surface area contributed by atoms with Gasteiger partial charge in [0, 0.05) is 5.38 Å². The number of rotatable bonds is 1. The maximum absolute atomic E-state index is 10.3. The second-order valence-electron chi connectivity index (χ2n) is 1.80. The van der Waals surface area contributed by atoms with Gasteiger partial charge in [0.2, 0.25) is 5.01 Å². The number of aromatic carboxylic acids is 1. The molecule has 2 N–H and O–H groups in total. The summed E-state index contributed by atoms with van der Waals surface area (Å²) >= 11 is 1.01. The normalized spacial score (nSPS) is 8.75. The molecule has 62 valence electrons. The number of hydrogen-bond donors (Lipinski definition) is 2. The lowest BCUT2D eigenvalue weighted by Crippen LogP contribution is -1.94. The highest BCUT2D eigenvalue weighted by molar-refractivity contribution is 7.11. The number of carboxylic acid groups (broad SMARTS) is 1. The number of aliphatic hydroxyl groups is 1. The van der Waals surface area contributed by atoms with Gasteiger partial charge in [-0.2, -0.15) is 0 Å². The highest BCUT2D eigenvalue weighted by Gasteiger charge is 2.06. The molecule has 5 heteroatoms. The zero-order valence-corrected chi connectivity index (χ0v) is 6.76. The maximum Gasteiger partial charge on any atom is 0.365 e. The van der Waals surface area contributed by atoms with E-state index in [-0.39, 0.29) is 11.6 Å². The maximum atomic E-state index is 10.3. The van der Waals surface area contributed by atoms with E-state index in [4.69, 9.17) is 10.2 Å².